The Morgan fingerprint density at radius 2 is 2.10 bits per heavy atom. The molecule has 0 saturated heterocycles. The Morgan fingerprint density at radius 1 is 1.33 bits per heavy atom. The molecular weight excluding hydrogens is 266 g/mol. The van der Waals surface area contributed by atoms with Crippen LogP contribution in [-0.2, 0) is 4.79 Å². The van der Waals surface area contributed by atoms with E-state index in [1.54, 1.807) is 30.5 Å². The molecule has 0 fully saturated rings. The minimum atomic E-state index is -0.225. The second-order valence-corrected chi connectivity index (χ2v) is 4.47. The first-order valence-electron chi connectivity index (χ1n) is 6.52. The lowest BCUT2D eigenvalue weighted by molar-refractivity contribution is -0.123. The third-order valence-corrected chi connectivity index (χ3v) is 2.86. The molecule has 21 heavy (non-hydrogen) atoms. The van der Waals surface area contributed by atoms with E-state index in [0.717, 1.165) is 5.69 Å². The van der Waals surface area contributed by atoms with Gasteiger partial charge in [0.1, 0.15) is 5.75 Å². The van der Waals surface area contributed by atoms with E-state index in [1.165, 1.54) is 0 Å². The summed E-state index contributed by atoms with van der Waals surface area (Å²) in [6.07, 6.45) is 1.69. The van der Waals surface area contributed by atoms with Crippen molar-refractivity contribution in [1.82, 2.24) is 10.3 Å². The molecule has 1 aromatic heterocycles. The zero-order chi connectivity index (χ0) is 15.1. The van der Waals surface area contributed by atoms with Crippen molar-refractivity contribution < 1.29 is 9.53 Å². The van der Waals surface area contributed by atoms with Crippen LogP contribution in [0, 0.1) is 11.3 Å². The molecule has 1 N–H and O–H groups in total. The van der Waals surface area contributed by atoms with Gasteiger partial charge in [0.15, 0.2) is 6.61 Å². The average Bonchev–Trinajstić information content (AvgIpc) is 2.54. The van der Waals surface area contributed by atoms with E-state index >= 15 is 0 Å². The summed E-state index contributed by atoms with van der Waals surface area (Å²) in [5.41, 5.74) is 1.35. The largest absolute Gasteiger partial charge is 0.484 e. The summed E-state index contributed by atoms with van der Waals surface area (Å²) in [6.45, 7) is 1.78. The second-order valence-electron chi connectivity index (χ2n) is 4.47. The van der Waals surface area contributed by atoms with Crippen LogP contribution in [0.5, 0.6) is 5.75 Å². The van der Waals surface area contributed by atoms with Gasteiger partial charge in [-0.1, -0.05) is 6.07 Å². The monoisotopic (exact) mass is 281 g/mol. The third-order valence-electron chi connectivity index (χ3n) is 2.86. The topological polar surface area (TPSA) is 75.0 Å². The molecule has 2 rings (SSSR count). The Hall–Kier alpha value is -2.87. The van der Waals surface area contributed by atoms with Gasteiger partial charge in [-0.15, -0.1) is 0 Å². The lowest BCUT2D eigenvalue weighted by Gasteiger charge is -2.13. The van der Waals surface area contributed by atoms with Crippen LogP contribution >= 0.6 is 0 Å². The summed E-state index contributed by atoms with van der Waals surface area (Å²) in [4.78, 5) is 16.0. The molecule has 0 aliphatic carbocycles. The summed E-state index contributed by atoms with van der Waals surface area (Å²) in [5.74, 6) is 0.326. The zero-order valence-electron chi connectivity index (χ0n) is 11.6. The number of ether oxygens (including phenoxy) is 1. The Labute approximate surface area is 123 Å². The van der Waals surface area contributed by atoms with Crippen LogP contribution in [-0.4, -0.2) is 17.5 Å². The first kappa shape index (κ1) is 14.5. The van der Waals surface area contributed by atoms with E-state index < -0.39 is 0 Å². The van der Waals surface area contributed by atoms with Crippen LogP contribution < -0.4 is 10.1 Å². The fourth-order valence-corrected chi connectivity index (χ4v) is 1.76. The zero-order valence-corrected chi connectivity index (χ0v) is 11.6. The number of carbonyl (C=O) groups excluding carboxylic acids is 1. The molecular formula is C16H15N3O2. The Morgan fingerprint density at radius 3 is 2.71 bits per heavy atom. The van der Waals surface area contributed by atoms with Gasteiger partial charge in [0.25, 0.3) is 5.91 Å². The first-order valence-corrected chi connectivity index (χ1v) is 6.52. The molecule has 5 nitrogen and oxygen atoms in total. The molecule has 0 bridgehead atoms. The molecule has 0 saturated carbocycles. The quantitative estimate of drug-likeness (QED) is 0.911. The van der Waals surface area contributed by atoms with Crippen LogP contribution in [0.3, 0.4) is 0 Å². The van der Waals surface area contributed by atoms with Gasteiger partial charge >= 0.3 is 0 Å². The molecule has 1 amide bonds. The van der Waals surface area contributed by atoms with Gasteiger partial charge < -0.3 is 10.1 Å². The maximum Gasteiger partial charge on any atom is 0.258 e. The van der Waals surface area contributed by atoms with Crippen LogP contribution in [0.15, 0.2) is 48.7 Å². The van der Waals surface area contributed by atoms with Crippen molar-refractivity contribution in [2.24, 2.45) is 0 Å². The van der Waals surface area contributed by atoms with Gasteiger partial charge in [0.2, 0.25) is 0 Å². The number of rotatable bonds is 5. The highest BCUT2D eigenvalue weighted by Crippen LogP contribution is 2.12. The molecule has 106 valence electrons. The van der Waals surface area contributed by atoms with E-state index in [1.807, 2.05) is 31.2 Å². The van der Waals surface area contributed by atoms with Crippen molar-refractivity contribution in [2.45, 2.75) is 13.0 Å². The van der Waals surface area contributed by atoms with Gasteiger partial charge in [-0.25, -0.2) is 0 Å². The maximum absolute atomic E-state index is 11.8. The standard InChI is InChI=1S/C16H15N3O2/c1-12(15-4-2-3-9-18-15)19-16(20)11-21-14-7-5-13(10-17)6-8-14/h2-9,12H,11H2,1H3,(H,19,20). The predicted octanol–water partition coefficient (Wildman–Crippen LogP) is 2.21. The molecule has 1 atom stereocenters. The number of nitriles is 1. The molecule has 1 aromatic carbocycles. The lowest BCUT2D eigenvalue weighted by Crippen LogP contribution is -2.31. The van der Waals surface area contributed by atoms with Gasteiger partial charge in [0.05, 0.1) is 23.4 Å². The van der Waals surface area contributed by atoms with E-state index in [0.29, 0.717) is 11.3 Å². The second kappa shape index (κ2) is 7.06. The number of aromatic nitrogens is 1. The predicted molar refractivity (Wildman–Crippen MR) is 77.4 cm³/mol. The summed E-state index contributed by atoms with van der Waals surface area (Å²) in [7, 11) is 0. The van der Waals surface area contributed by atoms with Crippen LogP contribution in [0.2, 0.25) is 0 Å². The molecule has 0 aliphatic heterocycles. The molecule has 2 aromatic rings. The van der Waals surface area contributed by atoms with Crippen molar-refractivity contribution in [3.63, 3.8) is 0 Å². The van der Waals surface area contributed by atoms with Gasteiger partial charge in [-0.3, -0.25) is 9.78 Å². The highest BCUT2D eigenvalue weighted by molar-refractivity contribution is 5.77. The van der Waals surface area contributed by atoms with Gasteiger partial charge in [0, 0.05) is 6.20 Å². The van der Waals surface area contributed by atoms with Crippen LogP contribution in [0.4, 0.5) is 0 Å². The third kappa shape index (κ3) is 4.32. The number of nitrogens with zero attached hydrogens (tertiary/aromatic N) is 2. The number of pyridine rings is 1. The van der Waals surface area contributed by atoms with Crippen molar-refractivity contribution in [2.75, 3.05) is 6.61 Å². The summed E-state index contributed by atoms with van der Waals surface area (Å²) in [5, 5.41) is 11.5. The Bertz CT molecular complexity index is 633. The number of hydrogen-bond donors (Lipinski definition) is 1. The molecule has 1 heterocycles. The van der Waals surface area contributed by atoms with Crippen molar-refractivity contribution in [3.05, 3.63) is 59.9 Å². The highest BCUT2D eigenvalue weighted by atomic mass is 16.5. The van der Waals surface area contributed by atoms with Crippen molar-refractivity contribution in [3.8, 4) is 11.8 Å². The Kier molecular flexibility index (Phi) is 4.89. The van der Waals surface area contributed by atoms with Crippen LogP contribution in [0.25, 0.3) is 0 Å². The van der Waals surface area contributed by atoms with E-state index in [4.69, 9.17) is 10.00 Å². The smallest absolute Gasteiger partial charge is 0.258 e. The number of carbonyl (C=O) groups is 1. The summed E-state index contributed by atoms with van der Waals surface area (Å²) >= 11 is 0. The molecule has 5 heteroatoms. The van der Waals surface area contributed by atoms with Gasteiger partial charge in [-0.05, 0) is 43.3 Å². The maximum atomic E-state index is 11.8. The fourth-order valence-electron chi connectivity index (χ4n) is 1.76. The summed E-state index contributed by atoms with van der Waals surface area (Å²) < 4.78 is 5.36. The summed E-state index contributed by atoms with van der Waals surface area (Å²) in [6, 6.07) is 14.0. The Balaban J connectivity index is 1.83. The molecule has 0 aliphatic rings. The molecule has 0 radical (unpaired) electrons. The van der Waals surface area contributed by atoms with Crippen molar-refractivity contribution >= 4 is 5.91 Å². The highest BCUT2D eigenvalue weighted by Gasteiger charge is 2.10. The van der Waals surface area contributed by atoms with Crippen molar-refractivity contribution in [1.29, 1.82) is 5.26 Å². The lowest BCUT2D eigenvalue weighted by atomic mass is 10.2. The molecule has 1 unspecified atom stereocenters. The number of amides is 1. The molecule has 0 spiro atoms. The number of benzene rings is 1. The van der Waals surface area contributed by atoms with E-state index in [9.17, 15) is 4.79 Å². The SMILES string of the molecule is CC(NC(=O)COc1ccc(C#N)cc1)c1ccccn1. The fraction of sp³-hybridized carbons (Fsp3) is 0.188. The average molecular weight is 281 g/mol. The number of hydrogen-bond acceptors (Lipinski definition) is 4. The first-order chi connectivity index (χ1) is 10.2. The minimum Gasteiger partial charge on any atom is -0.484 e. The van der Waals surface area contributed by atoms with E-state index in [2.05, 4.69) is 10.3 Å². The normalized spacial score (nSPS) is 11.2. The van der Waals surface area contributed by atoms with Crippen LogP contribution in [0.1, 0.15) is 24.2 Å². The van der Waals surface area contributed by atoms with E-state index in [-0.39, 0.29) is 18.6 Å². The van der Waals surface area contributed by atoms with Gasteiger partial charge in [-0.2, -0.15) is 5.26 Å². The minimum absolute atomic E-state index is 0.0803. The number of nitrogens with one attached hydrogen (secondary N) is 1.